The van der Waals surface area contributed by atoms with Gasteiger partial charge >= 0.3 is 0 Å². The second-order valence-corrected chi connectivity index (χ2v) is 6.37. The van der Waals surface area contributed by atoms with Crippen LogP contribution in [0.1, 0.15) is 36.1 Å². The zero-order valence-electron chi connectivity index (χ0n) is 15.1. The van der Waals surface area contributed by atoms with Gasteiger partial charge in [0.15, 0.2) is 0 Å². The predicted molar refractivity (Wildman–Crippen MR) is 109 cm³/mol. The summed E-state index contributed by atoms with van der Waals surface area (Å²) in [5.41, 5.74) is 2.86. The molecule has 1 amide bonds. The van der Waals surface area contributed by atoms with Gasteiger partial charge in [0, 0.05) is 31.4 Å². The molecule has 0 unspecified atom stereocenters. The van der Waals surface area contributed by atoms with E-state index in [9.17, 15) is 4.79 Å². The van der Waals surface area contributed by atoms with Gasteiger partial charge in [0.2, 0.25) is 5.91 Å². The molecule has 0 saturated carbocycles. The number of nitriles is 1. The van der Waals surface area contributed by atoms with Gasteiger partial charge in [-0.25, -0.2) is 4.98 Å². The minimum Gasteiger partial charge on any atom is -0.354 e. The Morgan fingerprint density at radius 1 is 1.30 bits per heavy atom. The molecule has 0 aliphatic carbocycles. The molecule has 27 heavy (non-hydrogen) atoms. The highest BCUT2D eigenvalue weighted by atomic mass is 35.5. The number of nitrogens with zero attached hydrogens (tertiary/aromatic N) is 3. The first-order chi connectivity index (χ1) is 12.3. The lowest BCUT2D eigenvalue weighted by Crippen LogP contribution is -2.47. The highest BCUT2D eigenvalue weighted by molar-refractivity contribution is 5.85. The van der Waals surface area contributed by atoms with Gasteiger partial charge in [-0.2, -0.15) is 5.26 Å². The fourth-order valence-corrected chi connectivity index (χ4v) is 3.09. The molecule has 0 radical (unpaired) electrons. The van der Waals surface area contributed by atoms with Gasteiger partial charge in [0.05, 0.1) is 24.0 Å². The second kappa shape index (κ2) is 11.6. The van der Waals surface area contributed by atoms with Crippen molar-refractivity contribution in [2.75, 3.05) is 13.1 Å². The zero-order valence-corrected chi connectivity index (χ0v) is 16.7. The van der Waals surface area contributed by atoms with Crippen molar-refractivity contribution in [3.63, 3.8) is 0 Å². The second-order valence-electron chi connectivity index (χ2n) is 6.37. The highest BCUT2D eigenvalue weighted by Crippen LogP contribution is 2.09. The summed E-state index contributed by atoms with van der Waals surface area (Å²) in [6.07, 6.45) is 7.57. The van der Waals surface area contributed by atoms with Gasteiger partial charge in [0.25, 0.3) is 0 Å². The molecule has 0 spiro atoms. The molecule has 0 bridgehead atoms. The topological polar surface area (TPSA) is 82.7 Å². The van der Waals surface area contributed by atoms with Crippen molar-refractivity contribution in [3.05, 3.63) is 53.6 Å². The summed E-state index contributed by atoms with van der Waals surface area (Å²) in [6.45, 7) is 2.24. The monoisotopic (exact) mass is 409 g/mol. The number of halogens is 2. The van der Waals surface area contributed by atoms with Crippen molar-refractivity contribution in [1.29, 1.82) is 5.26 Å². The van der Waals surface area contributed by atoms with Crippen molar-refractivity contribution >= 4 is 30.7 Å². The van der Waals surface area contributed by atoms with Gasteiger partial charge in [-0.05, 0) is 37.1 Å². The SMILES string of the molecule is Cl.Cl.N#Cc1ccc(Cn2cncc2CCNC(=O)[C@@H]2CCCCN2)cc1. The molecule has 146 valence electrons. The number of piperidine rings is 1. The molecule has 6 nitrogen and oxygen atoms in total. The number of hydrogen-bond acceptors (Lipinski definition) is 4. The molecule has 1 fully saturated rings. The maximum Gasteiger partial charge on any atom is 0.237 e. The van der Waals surface area contributed by atoms with Gasteiger partial charge in [-0.1, -0.05) is 18.6 Å². The summed E-state index contributed by atoms with van der Waals surface area (Å²) in [6, 6.07) is 9.64. The lowest BCUT2D eigenvalue weighted by molar-refractivity contribution is -0.123. The molecule has 1 aliphatic heterocycles. The van der Waals surface area contributed by atoms with Gasteiger partial charge in [-0.15, -0.1) is 24.8 Å². The summed E-state index contributed by atoms with van der Waals surface area (Å²) in [7, 11) is 0. The molecule has 1 saturated heterocycles. The standard InChI is InChI=1S/C19H23N5O.2ClH/c20-11-15-4-6-16(7-5-15)13-24-14-21-12-17(24)8-10-23-19(25)18-3-1-2-9-22-18;;/h4-7,12,14,18,22H,1-3,8-10,13H2,(H,23,25);2*1H/t18-;;/m0../s1. The Morgan fingerprint density at radius 2 is 2.07 bits per heavy atom. The van der Waals surface area contributed by atoms with Crippen LogP contribution in [-0.4, -0.2) is 34.6 Å². The number of amides is 1. The van der Waals surface area contributed by atoms with E-state index in [1.165, 1.54) is 0 Å². The third kappa shape index (κ3) is 6.55. The average Bonchev–Trinajstić information content (AvgIpc) is 3.10. The predicted octanol–water partition coefficient (Wildman–Crippen LogP) is 2.45. The van der Waals surface area contributed by atoms with E-state index >= 15 is 0 Å². The summed E-state index contributed by atoms with van der Waals surface area (Å²) < 4.78 is 2.08. The highest BCUT2D eigenvalue weighted by Gasteiger charge is 2.19. The van der Waals surface area contributed by atoms with Crippen LogP contribution >= 0.6 is 24.8 Å². The quantitative estimate of drug-likeness (QED) is 0.767. The number of rotatable bonds is 6. The molecule has 1 aliphatic rings. The fourth-order valence-electron chi connectivity index (χ4n) is 3.09. The molecule has 1 aromatic heterocycles. The van der Waals surface area contributed by atoms with Crippen molar-refractivity contribution in [1.82, 2.24) is 20.2 Å². The van der Waals surface area contributed by atoms with Crippen molar-refractivity contribution in [2.24, 2.45) is 0 Å². The number of nitrogens with one attached hydrogen (secondary N) is 2. The Labute approximate surface area is 172 Å². The minimum absolute atomic E-state index is 0. The molecule has 2 heterocycles. The Kier molecular flexibility index (Phi) is 9.87. The Morgan fingerprint density at radius 3 is 2.74 bits per heavy atom. The first-order valence-electron chi connectivity index (χ1n) is 8.75. The van der Waals surface area contributed by atoms with E-state index in [-0.39, 0.29) is 36.8 Å². The summed E-state index contributed by atoms with van der Waals surface area (Å²) in [5.74, 6) is 0.0952. The van der Waals surface area contributed by atoms with Crippen LogP contribution in [0.4, 0.5) is 0 Å². The molecule has 2 aromatic rings. The zero-order chi connectivity index (χ0) is 17.5. The van der Waals surface area contributed by atoms with Crippen LogP contribution in [0.5, 0.6) is 0 Å². The first-order valence-corrected chi connectivity index (χ1v) is 8.75. The number of carbonyl (C=O) groups excluding carboxylic acids is 1. The summed E-state index contributed by atoms with van der Waals surface area (Å²) in [5, 5.41) is 15.1. The average molecular weight is 410 g/mol. The van der Waals surface area contributed by atoms with Crippen LogP contribution in [-0.2, 0) is 17.8 Å². The largest absolute Gasteiger partial charge is 0.354 e. The number of aromatic nitrogens is 2. The molecule has 1 atom stereocenters. The number of carbonyl (C=O) groups is 1. The van der Waals surface area contributed by atoms with Crippen LogP contribution in [0, 0.1) is 11.3 Å². The van der Waals surface area contributed by atoms with Crippen molar-refractivity contribution in [2.45, 2.75) is 38.3 Å². The third-order valence-electron chi connectivity index (χ3n) is 4.54. The number of benzene rings is 1. The Balaban J connectivity index is 0.00000182. The van der Waals surface area contributed by atoms with Gasteiger partial charge < -0.3 is 15.2 Å². The molecule has 2 N–H and O–H groups in total. The van der Waals surface area contributed by atoms with E-state index < -0.39 is 0 Å². The van der Waals surface area contributed by atoms with E-state index in [1.54, 1.807) is 6.33 Å². The summed E-state index contributed by atoms with van der Waals surface area (Å²) >= 11 is 0. The van der Waals surface area contributed by atoms with Crippen LogP contribution < -0.4 is 10.6 Å². The van der Waals surface area contributed by atoms with E-state index in [2.05, 4.69) is 26.3 Å². The normalized spacial score (nSPS) is 15.7. The maximum atomic E-state index is 12.1. The van der Waals surface area contributed by atoms with Crippen molar-refractivity contribution in [3.8, 4) is 6.07 Å². The van der Waals surface area contributed by atoms with Crippen molar-refractivity contribution < 1.29 is 4.79 Å². The van der Waals surface area contributed by atoms with Crippen LogP contribution in [0.3, 0.4) is 0 Å². The van der Waals surface area contributed by atoms with E-state index in [0.717, 1.165) is 43.5 Å². The number of hydrogen-bond donors (Lipinski definition) is 2. The molecule has 8 heteroatoms. The van der Waals surface area contributed by atoms with Gasteiger partial charge in [0.1, 0.15) is 0 Å². The lowest BCUT2D eigenvalue weighted by atomic mass is 10.0. The van der Waals surface area contributed by atoms with Crippen LogP contribution in [0.25, 0.3) is 0 Å². The molecule has 3 rings (SSSR count). The lowest BCUT2D eigenvalue weighted by Gasteiger charge is -2.22. The van der Waals surface area contributed by atoms with Crippen LogP contribution in [0.2, 0.25) is 0 Å². The third-order valence-corrected chi connectivity index (χ3v) is 4.54. The summed E-state index contributed by atoms with van der Waals surface area (Å²) in [4.78, 5) is 16.4. The maximum absolute atomic E-state index is 12.1. The molecule has 1 aromatic carbocycles. The van der Waals surface area contributed by atoms with E-state index in [1.807, 2.05) is 30.5 Å². The van der Waals surface area contributed by atoms with E-state index in [4.69, 9.17) is 5.26 Å². The number of imidazole rings is 1. The van der Waals surface area contributed by atoms with Crippen LogP contribution in [0.15, 0.2) is 36.8 Å². The molecular weight excluding hydrogens is 385 g/mol. The van der Waals surface area contributed by atoms with E-state index in [0.29, 0.717) is 18.7 Å². The fraction of sp³-hybridized carbons (Fsp3) is 0.421. The van der Waals surface area contributed by atoms with Gasteiger partial charge in [-0.3, -0.25) is 4.79 Å². The first kappa shape index (κ1) is 23.0. The minimum atomic E-state index is -0.0442. The Hall–Kier alpha value is -2.07. The Bertz CT molecular complexity index is 748. The molecular formula is C19H25Cl2N5O. The smallest absolute Gasteiger partial charge is 0.237 e.